The Balaban J connectivity index is 2.23. The second kappa shape index (κ2) is 6.09. The lowest BCUT2D eigenvalue weighted by Gasteiger charge is -2.45. The SMILES string of the molecule is CCC(C)C1CCC2/C(=C/C(C)C(C)(C)C)CCCC21C. The molecular formula is C21H38. The van der Waals surface area contributed by atoms with Crippen LogP contribution >= 0.6 is 0 Å². The molecule has 0 N–H and O–H groups in total. The number of rotatable bonds is 3. The van der Waals surface area contributed by atoms with Crippen molar-refractivity contribution in [2.75, 3.05) is 0 Å². The third kappa shape index (κ3) is 3.25. The summed E-state index contributed by atoms with van der Waals surface area (Å²) in [6.07, 6.45) is 11.2. The summed E-state index contributed by atoms with van der Waals surface area (Å²) in [5.74, 6) is 3.44. The molecule has 2 rings (SSSR count). The summed E-state index contributed by atoms with van der Waals surface area (Å²) >= 11 is 0. The van der Waals surface area contributed by atoms with Crippen molar-refractivity contribution in [3.8, 4) is 0 Å². The van der Waals surface area contributed by atoms with Crippen molar-refractivity contribution in [1.29, 1.82) is 0 Å². The Morgan fingerprint density at radius 3 is 2.48 bits per heavy atom. The Morgan fingerprint density at radius 1 is 1.24 bits per heavy atom. The van der Waals surface area contributed by atoms with Crippen molar-refractivity contribution >= 4 is 0 Å². The Kier molecular flexibility index (Phi) is 4.96. The van der Waals surface area contributed by atoms with Crippen LogP contribution in [0.15, 0.2) is 11.6 Å². The number of fused-ring (bicyclic) bond motifs is 1. The normalized spacial score (nSPS) is 38.3. The third-order valence-electron chi connectivity index (χ3n) is 7.20. The minimum atomic E-state index is 0.398. The largest absolute Gasteiger partial charge is 0.0817 e. The summed E-state index contributed by atoms with van der Waals surface area (Å²) in [5.41, 5.74) is 2.81. The molecule has 0 aromatic heterocycles. The summed E-state index contributed by atoms with van der Waals surface area (Å²) < 4.78 is 0. The highest BCUT2D eigenvalue weighted by molar-refractivity contribution is 5.20. The summed E-state index contributed by atoms with van der Waals surface area (Å²) in [6.45, 7) is 17.1. The van der Waals surface area contributed by atoms with Crippen molar-refractivity contribution in [2.45, 2.75) is 87.0 Å². The Hall–Kier alpha value is -0.260. The van der Waals surface area contributed by atoms with Gasteiger partial charge in [-0.25, -0.2) is 0 Å². The summed E-state index contributed by atoms with van der Waals surface area (Å²) in [6, 6.07) is 0. The van der Waals surface area contributed by atoms with E-state index >= 15 is 0 Å². The predicted molar refractivity (Wildman–Crippen MR) is 94.3 cm³/mol. The Morgan fingerprint density at radius 2 is 1.90 bits per heavy atom. The van der Waals surface area contributed by atoms with E-state index in [1.54, 1.807) is 0 Å². The molecule has 0 nitrogen and oxygen atoms in total. The van der Waals surface area contributed by atoms with Gasteiger partial charge in [-0.2, -0.15) is 0 Å². The van der Waals surface area contributed by atoms with Gasteiger partial charge in [0.15, 0.2) is 0 Å². The first-order valence-electron chi connectivity index (χ1n) is 9.40. The molecule has 2 aliphatic rings. The van der Waals surface area contributed by atoms with Gasteiger partial charge in [-0.05, 0) is 66.6 Å². The van der Waals surface area contributed by atoms with Gasteiger partial charge in [-0.15, -0.1) is 0 Å². The highest BCUT2D eigenvalue weighted by Gasteiger charge is 2.50. The molecule has 2 aliphatic carbocycles. The molecular weight excluding hydrogens is 252 g/mol. The van der Waals surface area contributed by atoms with Crippen LogP contribution in [0.5, 0.6) is 0 Å². The Bertz CT molecular complexity index is 383. The lowest BCUT2D eigenvalue weighted by atomic mass is 9.60. The first-order chi connectivity index (χ1) is 9.70. The fourth-order valence-electron chi connectivity index (χ4n) is 5.07. The van der Waals surface area contributed by atoms with Crippen LogP contribution in [0.3, 0.4) is 0 Å². The maximum Gasteiger partial charge on any atom is -0.0146 e. The second-order valence-corrected chi connectivity index (χ2v) is 9.38. The fraction of sp³-hybridized carbons (Fsp3) is 0.905. The lowest BCUT2D eigenvalue weighted by Crippen LogP contribution is -2.36. The average molecular weight is 291 g/mol. The van der Waals surface area contributed by atoms with E-state index in [4.69, 9.17) is 0 Å². The molecule has 0 aliphatic heterocycles. The van der Waals surface area contributed by atoms with Gasteiger partial charge in [-0.1, -0.05) is 66.5 Å². The van der Waals surface area contributed by atoms with Crippen molar-refractivity contribution in [3.05, 3.63) is 11.6 Å². The molecule has 21 heavy (non-hydrogen) atoms. The minimum Gasteiger partial charge on any atom is -0.0817 e. The van der Waals surface area contributed by atoms with Crippen LogP contribution in [0.2, 0.25) is 0 Å². The molecule has 0 radical (unpaired) electrons. The van der Waals surface area contributed by atoms with Crippen molar-refractivity contribution in [2.24, 2.45) is 34.5 Å². The molecule has 122 valence electrons. The molecule has 2 saturated carbocycles. The molecule has 0 amide bonds. The molecule has 0 bridgehead atoms. The third-order valence-corrected chi connectivity index (χ3v) is 7.20. The molecule has 0 saturated heterocycles. The van der Waals surface area contributed by atoms with Gasteiger partial charge in [0.2, 0.25) is 0 Å². The second-order valence-electron chi connectivity index (χ2n) is 9.38. The smallest absolute Gasteiger partial charge is 0.0146 e. The molecule has 5 unspecified atom stereocenters. The van der Waals surface area contributed by atoms with Crippen LogP contribution in [0, 0.1) is 34.5 Å². The summed E-state index contributed by atoms with van der Waals surface area (Å²) in [5, 5.41) is 0. The average Bonchev–Trinajstić information content (AvgIpc) is 2.75. The molecule has 2 fully saturated rings. The first-order valence-corrected chi connectivity index (χ1v) is 9.40. The molecule has 0 heteroatoms. The first kappa shape index (κ1) is 17.1. The van der Waals surface area contributed by atoms with Gasteiger partial charge in [0, 0.05) is 0 Å². The summed E-state index contributed by atoms with van der Waals surface area (Å²) in [7, 11) is 0. The van der Waals surface area contributed by atoms with Crippen LogP contribution in [0.4, 0.5) is 0 Å². The van der Waals surface area contributed by atoms with Crippen molar-refractivity contribution in [3.63, 3.8) is 0 Å². The molecule has 0 aromatic rings. The van der Waals surface area contributed by atoms with Gasteiger partial charge in [-0.3, -0.25) is 0 Å². The van der Waals surface area contributed by atoms with Crippen LogP contribution in [-0.2, 0) is 0 Å². The van der Waals surface area contributed by atoms with Gasteiger partial charge in [0.05, 0.1) is 0 Å². The number of allylic oxidation sites excluding steroid dienone is 2. The maximum absolute atomic E-state index is 2.67. The van der Waals surface area contributed by atoms with Crippen LogP contribution in [0.1, 0.15) is 87.0 Å². The predicted octanol–water partition coefficient (Wildman–Crippen LogP) is 6.86. The van der Waals surface area contributed by atoms with E-state index < -0.39 is 0 Å². The van der Waals surface area contributed by atoms with Gasteiger partial charge < -0.3 is 0 Å². The quantitative estimate of drug-likeness (QED) is 0.498. The Labute approximate surface area is 133 Å². The maximum atomic E-state index is 2.67. The molecule has 0 aromatic carbocycles. The van der Waals surface area contributed by atoms with Crippen molar-refractivity contribution in [1.82, 2.24) is 0 Å². The zero-order valence-corrected chi connectivity index (χ0v) is 15.6. The van der Waals surface area contributed by atoms with Gasteiger partial charge in [0.25, 0.3) is 0 Å². The number of hydrogen-bond donors (Lipinski definition) is 0. The van der Waals surface area contributed by atoms with E-state index in [9.17, 15) is 0 Å². The monoisotopic (exact) mass is 290 g/mol. The minimum absolute atomic E-state index is 0.398. The highest BCUT2D eigenvalue weighted by atomic mass is 14.5. The van der Waals surface area contributed by atoms with E-state index in [1.165, 1.54) is 38.5 Å². The highest BCUT2D eigenvalue weighted by Crippen LogP contribution is 2.60. The topological polar surface area (TPSA) is 0 Å². The number of hydrogen-bond acceptors (Lipinski definition) is 0. The van der Waals surface area contributed by atoms with E-state index in [2.05, 4.69) is 54.5 Å². The van der Waals surface area contributed by atoms with Crippen LogP contribution < -0.4 is 0 Å². The molecule has 0 spiro atoms. The van der Waals surface area contributed by atoms with Crippen molar-refractivity contribution < 1.29 is 0 Å². The van der Waals surface area contributed by atoms with Crippen LogP contribution in [0.25, 0.3) is 0 Å². The van der Waals surface area contributed by atoms with Gasteiger partial charge >= 0.3 is 0 Å². The zero-order chi connectivity index (χ0) is 15.8. The standard InChI is InChI=1S/C21H38/c1-8-15(2)18-11-12-19-17(10-9-13-21(18,19)7)14-16(3)20(4,5)6/h14-16,18-19H,8-13H2,1-7H3/b17-14+. The van der Waals surface area contributed by atoms with E-state index in [0.717, 1.165) is 17.8 Å². The van der Waals surface area contributed by atoms with E-state index in [0.29, 0.717) is 16.7 Å². The fourth-order valence-corrected chi connectivity index (χ4v) is 5.07. The van der Waals surface area contributed by atoms with Gasteiger partial charge in [0.1, 0.15) is 0 Å². The van der Waals surface area contributed by atoms with E-state index in [-0.39, 0.29) is 0 Å². The molecule has 5 atom stereocenters. The molecule has 0 heterocycles. The zero-order valence-electron chi connectivity index (χ0n) is 15.6. The summed E-state index contributed by atoms with van der Waals surface area (Å²) in [4.78, 5) is 0. The lowest BCUT2D eigenvalue weighted by molar-refractivity contribution is 0.0952. The van der Waals surface area contributed by atoms with Crippen LogP contribution in [-0.4, -0.2) is 0 Å². The van der Waals surface area contributed by atoms with E-state index in [1.807, 2.05) is 5.57 Å².